The Kier molecular flexibility index (Phi) is 4.06. The Morgan fingerprint density at radius 3 is 2.60 bits per heavy atom. The molecule has 3 rings (SSSR count). The summed E-state index contributed by atoms with van der Waals surface area (Å²) in [4.78, 5) is 13.5. The van der Waals surface area contributed by atoms with E-state index in [4.69, 9.17) is 0 Å². The molecule has 0 aromatic heterocycles. The van der Waals surface area contributed by atoms with E-state index in [-0.39, 0.29) is 11.2 Å². The van der Waals surface area contributed by atoms with Crippen molar-refractivity contribution < 1.29 is 4.79 Å². The molecule has 2 nitrogen and oxygen atoms in total. The van der Waals surface area contributed by atoms with E-state index in [1.807, 2.05) is 6.92 Å². The summed E-state index contributed by atoms with van der Waals surface area (Å²) in [7, 11) is 0. The topological polar surface area (TPSA) is 29.1 Å². The summed E-state index contributed by atoms with van der Waals surface area (Å²) in [5.41, 5.74) is 1.26. The minimum absolute atomic E-state index is 0.0168. The highest BCUT2D eigenvalue weighted by atomic mass is 32.2. The van der Waals surface area contributed by atoms with Crippen LogP contribution in [0.5, 0.6) is 0 Å². The van der Waals surface area contributed by atoms with Crippen molar-refractivity contribution in [3.05, 3.63) is 29.8 Å². The normalized spacial score (nSPS) is 29.4. The molecule has 108 valence electrons. The van der Waals surface area contributed by atoms with Gasteiger partial charge in [-0.1, -0.05) is 24.1 Å². The highest BCUT2D eigenvalue weighted by molar-refractivity contribution is 8.00. The molecule has 0 unspecified atom stereocenters. The molecular formula is C17H23NOS. The lowest BCUT2D eigenvalue weighted by molar-refractivity contribution is -0.121. The number of nitrogens with one attached hydrogen (secondary N) is 1. The lowest BCUT2D eigenvalue weighted by Gasteiger charge is -2.24. The summed E-state index contributed by atoms with van der Waals surface area (Å²) in [5.74, 6) is 1.83. The molecule has 0 aliphatic heterocycles. The summed E-state index contributed by atoms with van der Waals surface area (Å²) in [6.07, 6.45) is 5.24. The molecule has 3 heteroatoms. The molecule has 0 radical (unpaired) electrons. The number of hydrogen-bond acceptors (Lipinski definition) is 2. The zero-order valence-corrected chi connectivity index (χ0v) is 13.1. The molecule has 20 heavy (non-hydrogen) atoms. The summed E-state index contributed by atoms with van der Waals surface area (Å²) in [6.45, 7) is 4.09. The van der Waals surface area contributed by atoms with Gasteiger partial charge in [0, 0.05) is 10.9 Å². The molecular weight excluding hydrogens is 266 g/mol. The van der Waals surface area contributed by atoms with Gasteiger partial charge in [0.15, 0.2) is 0 Å². The first-order valence-corrected chi connectivity index (χ1v) is 8.53. The Morgan fingerprint density at radius 1 is 1.25 bits per heavy atom. The molecule has 1 aromatic carbocycles. The van der Waals surface area contributed by atoms with Gasteiger partial charge >= 0.3 is 0 Å². The van der Waals surface area contributed by atoms with Gasteiger partial charge in [-0.2, -0.15) is 0 Å². The molecule has 1 aromatic rings. The van der Waals surface area contributed by atoms with Crippen molar-refractivity contribution in [1.82, 2.24) is 5.32 Å². The van der Waals surface area contributed by atoms with Crippen LogP contribution in [0.2, 0.25) is 0 Å². The van der Waals surface area contributed by atoms with E-state index in [1.54, 1.807) is 11.8 Å². The smallest absolute Gasteiger partial charge is 0.233 e. The largest absolute Gasteiger partial charge is 0.352 e. The number of hydrogen-bond donors (Lipinski definition) is 1. The van der Waals surface area contributed by atoms with E-state index in [0.29, 0.717) is 6.04 Å². The zero-order chi connectivity index (χ0) is 14.1. The van der Waals surface area contributed by atoms with E-state index in [1.165, 1.54) is 36.1 Å². The first kappa shape index (κ1) is 14.0. The van der Waals surface area contributed by atoms with E-state index < -0.39 is 0 Å². The Labute approximate surface area is 125 Å². The van der Waals surface area contributed by atoms with Crippen molar-refractivity contribution in [3.8, 4) is 0 Å². The van der Waals surface area contributed by atoms with Crippen molar-refractivity contribution in [1.29, 1.82) is 0 Å². The van der Waals surface area contributed by atoms with Crippen LogP contribution in [0, 0.1) is 18.8 Å². The second kappa shape index (κ2) is 5.80. The molecule has 2 aliphatic rings. The number of amides is 1. The molecule has 1 amide bonds. The van der Waals surface area contributed by atoms with Crippen LogP contribution in [0.3, 0.4) is 0 Å². The van der Waals surface area contributed by atoms with Gasteiger partial charge in [-0.15, -0.1) is 11.8 Å². The lowest BCUT2D eigenvalue weighted by Crippen LogP contribution is -2.42. The fourth-order valence-corrected chi connectivity index (χ4v) is 4.47. The molecule has 0 saturated heterocycles. The van der Waals surface area contributed by atoms with Crippen molar-refractivity contribution >= 4 is 17.7 Å². The predicted molar refractivity (Wildman–Crippen MR) is 83.9 cm³/mol. The van der Waals surface area contributed by atoms with Crippen molar-refractivity contribution in [2.24, 2.45) is 11.8 Å². The average molecular weight is 289 g/mol. The summed E-state index contributed by atoms with van der Waals surface area (Å²) in [6, 6.07) is 8.84. The van der Waals surface area contributed by atoms with Crippen molar-refractivity contribution in [3.63, 3.8) is 0 Å². The summed E-state index contributed by atoms with van der Waals surface area (Å²) >= 11 is 1.65. The lowest BCUT2D eigenvalue weighted by atomic mass is 9.95. The minimum Gasteiger partial charge on any atom is -0.352 e. The van der Waals surface area contributed by atoms with Gasteiger partial charge in [0.1, 0.15) is 0 Å². The molecule has 2 saturated carbocycles. The maximum atomic E-state index is 12.3. The Morgan fingerprint density at radius 2 is 2.00 bits per heavy atom. The van der Waals surface area contributed by atoms with Crippen LogP contribution in [0.15, 0.2) is 29.2 Å². The number of rotatable bonds is 4. The minimum atomic E-state index is -0.0168. The monoisotopic (exact) mass is 289 g/mol. The van der Waals surface area contributed by atoms with Crippen molar-refractivity contribution in [2.45, 2.75) is 55.7 Å². The number of carbonyl (C=O) groups excluding carboxylic acids is 1. The Bertz CT molecular complexity index is 484. The standard InChI is InChI=1S/C17H23NOS/c1-11-3-7-15(8-4-11)20-12(2)17(19)18-16-10-13-5-6-14(16)9-13/h3-4,7-8,12-14,16H,5-6,9-10H2,1-2H3,(H,18,19)/t12-,13-,14-,16+/m1/s1. The first-order valence-electron chi connectivity index (χ1n) is 7.65. The maximum absolute atomic E-state index is 12.3. The van der Waals surface area contributed by atoms with Crippen LogP contribution in [0.1, 0.15) is 38.2 Å². The summed E-state index contributed by atoms with van der Waals surface area (Å²) < 4.78 is 0. The van der Waals surface area contributed by atoms with E-state index in [2.05, 4.69) is 36.5 Å². The molecule has 0 spiro atoms. The van der Waals surface area contributed by atoms with Crippen LogP contribution < -0.4 is 5.32 Å². The molecule has 1 N–H and O–H groups in total. The van der Waals surface area contributed by atoms with Gasteiger partial charge in [0.2, 0.25) is 5.91 Å². The van der Waals surface area contributed by atoms with E-state index in [0.717, 1.165) is 11.8 Å². The van der Waals surface area contributed by atoms with Gasteiger partial charge in [-0.3, -0.25) is 4.79 Å². The van der Waals surface area contributed by atoms with Gasteiger partial charge in [0.05, 0.1) is 5.25 Å². The third-order valence-corrected chi connectivity index (χ3v) is 5.88. The number of benzene rings is 1. The second-order valence-corrected chi connectivity index (χ2v) is 7.78. The fourth-order valence-electron chi connectivity index (χ4n) is 3.60. The van der Waals surface area contributed by atoms with Gasteiger partial charge in [-0.25, -0.2) is 0 Å². The Balaban J connectivity index is 1.53. The van der Waals surface area contributed by atoms with Crippen LogP contribution in [0.25, 0.3) is 0 Å². The first-order chi connectivity index (χ1) is 9.61. The van der Waals surface area contributed by atoms with Crippen LogP contribution in [-0.4, -0.2) is 17.2 Å². The molecule has 4 atom stereocenters. The zero-order valence-electron chi connectivity index (χ0n) is 12.3. The quantitative estimate of drug-likeness (QED) is 0.855. The van der Waals surface area contributed by atoms with Crippen LogP contribution >= 0.6 is 11.8 Å². The van der Waals surface area contributed by atoms with E-state index >= 15 is 0 Å². The van der Waals surface area contributed by atoms with Gasteiger partial charge < -0.3 is 5.32 Å². The summed E-state index contributed by atoms with van der Waals surface area (Å²) in [5, 5.41) is 3.27. The predicted octanol–water partition coefficient (Wildman–Crippen LogP) is 3.78. The second-order valence-electron chi connectivity index (χ2n) is 6.36. The number of aryl methyl sites for hydroxylation is 1. The maximum Gasteiger partial charge on any atom is 0.233 e. The van der Waals surface area contributed by atoms with Crippen molar-refractivity contribution in [2.75, 3.05) is 0 Å². The number of thioether (sulfide) groups is 1. The SMILES string of the molecule is Cc1ccc(S[C@H](C)C(=O)N[C@H]2C[C@@H]3CC[C@@H]2C3)cc1. The molecule has 2 aliphatic carbocycles. The molecule has 0 heterocycles. The Hall–Kier alpha value is -0.960. The molecule has 2 bridgehead atoms. The highest BCUT2D eigenvalue weighted by Crippen LogP contribution is 2.44. The van der Waals surface area contributed by atoms with Crippen LogP contribution in [-0.2, 0) is 4.79 Å². The van der Waals surface area contributed by atoms with Gasteiger partial charge in [0.25, 0.3) is 0 Å². The highest BCUT2D eigenvalue weighted by Gasteiger charge is 2.40. The van der Waals surface area contributed by atoms with E-state index in [9.17, 15) is 4.79 Å². The number of fused-ring (bicyclic) bond motifs is 2. The third kappa shape index (κ3) is 3.03. The fraction of sp³-hybridized carbons (Fsp3) is 0.588. The number of carbonyl (C=O) groups is 1. The van der Waals surface area contributed by atoms with Gasteiger partial charge in [-0.05, 0) is 57.1 Å². The average Bonchev–Trinajstić information content (AvgIpc) is 3.03. The third-order valence-electron chi connectivity index (χ3n) is 4.77. The van der Waals surface area contributed by atoms with Crippen LogP contribution in [0.4, 0.5) is 0 Å². The molecule has 2 fully saturated rings.